The number of piperidine rings is 1. The number of thiophene rings is 1. The Labute approximate surface area is 304 Å². The Hall–Kier alpha value is -5.21. The number of hydrogen-bond acceptors (Lipinski definition) is 10. The first-order chi connectivity index (χ1) is 24.3. The van der Waals surface area contributed by atoms with Gasteiger partial charge in [0, 0.05) is 53.1 Å². The summed E-state index contributed by atoms with van der Waals surface area (Å²) in [6.45, 7) is 8.70. The molecule has 4 heterocycles. The smallest absolute Gasteiger partial charge is 0.264 e. The van der Waals surface area contributed by atoms with Gasteiger partial charge in [0.05, 0.1) is 23.4 Å². The number of amides is 5. The molecule has 5 N–H and O–H groups in total. The molecule has 0 bridgehead atoms. The van der Waals surface area contributed by atoms with Crippen molar-refractivity contribution in [2.75, 3.05) is 29.9 Å². The van der Waals surface area contributed by atoms with E-state index in [9.17, 15) is 24.0 Å². The highest BCUT2D eigenvalue weighted by Crippen LogP contribution is 2.39. The van der Waals surface area contributed by atoms with Crippen LogP contribution in [-0.4, -0.2) is 77.5 Å². The first kappa shape index (κ1) is 37.1. The van der Waals surface area contributed by atoms with Crippen LogP contribution in [0.2, 0.25) is 5.02 Å². The van der Waals surface area contributed by atoms with Crippen LogP contribution in [0.25, 0.3) is 0 Å². The number of carbonyl (C=O) groups is 5. The Kier molecular flexibility index (Phi) is 11.5. The third kappa shape index (κ3) is 7.92. The Bertz CT molecular complexity index is 1970. The van der Waals surface area contributed by atoms with E-state index in [0.29, 0.717) is 35.5 Å². The standard InChI is InChI=1S/C19H22N4O5.C17H17ClN4S/c1-11(24)20-9-2-3-10-21-13-6-4-5-12-16(13)19(28)23(18(12)27)14-7-8-15(25)22-17(14)26;1-9-10(2)23-17-15(9)16(12-4-6-13(18)7-5-12)21-8-14(20)22(17)11(3)19/h4-6,14,21H,2-3,7-10H2,1H3,(H,20,24)(H,22,25,26);4-7,19-20H,8H2,1-3H3. The van der Waals surface area contributed by atoms with Crippen molar-refractivity contribution in [3.05, 3.63) is 80.2 Å². The predicted molar refractivity (Wildman–Crippen MR) is 199 cm³/mol. The number of nitrogens with zero attached hydrogens (tertiary/aromatic N) is 3. The maximum Gasteiger partial charge on any atom is 0.264 e. The molecule has 266 valence electrons. The Balaban J connectivity index is 0.000000201. The molecular formula is C36H39ClN8O5S. The van der Waals surface area contributed by atoms with Gasteiger partial charge in [0.1, 0.15) is 22.7 Å². The zero-order chi connectivity index (χ0) is 37.0. The van der Waals surface area contributed by atoms with E-state index in [1.54, 1.807) is 41.4 Å². The van der Waals surface area contributed by atoms with Crippen LogP contribution in [0.4, 0.5) is 10.7 Å². The number of benzene rings is 2. The van der Waals surface area contributed by atoms with Crippen molar-refractivity contribution >= 4 is 80.5 Å². The zero-order valence-corrected chi connectivity index (χ0v) is 30.3. The Morgan fingerprint density at radius 2 is 1.73 bits per heavy atom. The van der Waals surface area contributed by atoms with Crippen LogP contribution in [-0.2, 0) is 14.4 Å². The second kappa shape index (κ2) is 15.8. The highest BCUT2D eigenvalue weighted by atomic mass is 35.5. The Morgan fingerprint density at radius 3 is 2.39 bits per heavy atom. The third-order valence-corrected chi connectivity index (χ3v) is 10.1. The summed E-state index contributed by atoms with van der Waals surface area (Å²) in [7, 11) is 0. The lowest BCUT2D eigenvalue weighted by molar-refractivity contribution is -0.136. The molecule has 6 rings (SSSR count). The highest BCUT2D eigenvalue weighted by molar-refractivity contribution is 7.17. The van der Waals surface area contributed by atoms with Crippen molar-refractivity contribution < 1.29 is 24.0 Å². The fourth-order valence-electron chi connectivity index (χ4n) is 6.07. The molecule has 0 spiro atoms. The van der Waals surface area contributed by atoms with Crippen LogP contribution in [0, 0.1) is 24.7 Å². The quantitative estimate of drug-likeness (QED) is 0.0926. The lowest BCUT2D eigenvalue weighted by Gasteiger charge is -2.27. The van der Waals surface area contributed by atoms with E-state index >= 15 is 0 Å². The molecule has 1 atom stereocenters. The minimum absolute atomic E-state index is 0.0773. The SMILES string of the molecule is CC(=N)N1C(=N)CN=C(c2ccc(Cl)cc2)c2c1sc(C)c2C.CC(=O)NCCCCNc1cccc2c1C(=O)N(C1CCC(=O)NC1=O)C2=O. The topological polar surface area (TPSA) is 188 Å². The molecule has 13 nitrogen and oxygen atoms in total. The highest BCUT2D eigenvalue weighted by Gasteiger charge is 2.45. The summed E-state index contributed by atoms with van der Waals surface area (Å²) >= 11 is 7.61. The first-order valence-electron chi connectivity index (χ1n) is 16.5. The number of fused-ring (bicyclic) bond motifs is 2. The molecule has 1 fully saturated rings. The summed E-state index contributed by atoms with van der Waals surface area (Å²) in [6.07, 6.45) is 1.76. The van der Waals surface area contributed by atoms with Gasteiger partial charge < -0.3 is 10.6 Å². The molecule has 0 saturated carbocycles. The number of amidine groups is 2. The second-order valence-corrected chi connectivity index (χ2v) is 13.9. The van der Waals surface area contributed by atoms with Crippen LogP contribution in [0.1, 0.15) is 81.8 Å². The number of halogens is 1. The molecular weight excluding hydrogens is 692 g/mol. The Morgan fingerprint density at radius 1 is 1.02 bits per heavy atom. The van der Waals surface area contributed by atoms with Crippen LogP contribution in [0.5, 0.6) is 0 Å². The van der Waals surface area contributed by atoms with Gasteiger partial charge in [0.15, 0.2) is 0 Å². The molecule has 15 heteroatoms. The number of unbranched alkanes of at least 4 members (excludes halogenated alkanes) is 1. The van der Waals surface area contributed by atoms with Crippen LogP contribution in [0.15, 0.2) is 47.5 Å². The van der Waals surface area contributed by atoms with Gasteiger partial charge in [-0.05, 0) is 69.9 Å². The van der Waals surface area contributed by atoms with E-state index in [1.165, 1.54) is 11.8 Å². The molecule has 2 aromatic carbocycles. The van der Waals surface area contributed by atoms with Gasteiger partial charge in [-0.15, -0.1) is 11.3 Å². The normalized spacial score (nSPS) is 16.8. The van der Waals surface area contributed by atoms with Gasteiger partial charge in [0.25, 0.3) is 11.8 Å². The van der Waals surface area contributed by atoms with E-state index in [1.807, 2.05) is 24.3 Å². The van der Waals surface area contributed by atoms with Gasteiger partial charge in [-0.25, -0.2) is 0 Å². The van der Waals surface area contributed by atoms with Gasteiger partial charge in [0.2, 0.25) is 17.7 Å². The van der Waals surface area contributed by atoms with Gasteiger partial charge in [-0.1, -0.05) is 29.8 Å². The maximum absolute atomic E-state index is 12.9. The minimum Gasteiger partial charge on any atom is -0.384 e. The molecule has 51 heavy (non-hydrogen) atoms. The van der Waals surface area contributed by atoms with E-state index < -0.39 is 29.7 Å². The summed E-state index contributed by atoms with van der Waals surface area (Å²) in [5, 5.41) is 26.0. The number of carbonyl (C=O) groups excluding carboxylic acids is 5. The number of imide groups is 2. The van der Waals surface area contributed by atoms with Crippen molar-refractivity contribution in [2.24, 2.45) is 4.99 Å². The summed E-state index contributed by atoms with van der Waals surface area (Å²) < 4.78 is 0. The largest absolute Gasteiger partial charge is 0.384 e. The first-order valence-corrected chi connectivity index (χ1v) is 17.7. The molecule has 1 aromatic heterocycles. The van der Waals surface area contributed by atoms with Crippen molar-refractivity contribution in [3.63, 3.8) is 0 Å². The number of hydrogen-bond donors (Lipinski definition) is 5. The number of nitrogens with one attached hydrogen (secondary N) is 5. The summed E-state index contributed by atoms with van der Waals surface area (Å²) in [5.74, 6) is -1.50. The van der Waals surface area contributed by atoms with Gasteiger partial charge in [-0.2, -0.15) is 0 Å². The molecule has 0 radical (unpaired) electrons. The second-order valence-electron chi connectivity index (χ2n) is 12.3. The van der Waals surface area contributed by atoms with Crippen LogP contribution < -0.4 is 20.9 Å². The summed E-state index contributed by atoms with van der Waals surface area (Å²) in [4.78, 5) is 68.5. The fourth-order valence-corrected chi connectivity index (χ4v) is 7.43. The van der Waals surface area contributed by atoms with Gasteiger partial charge >= 0.3 is 0 Å². The monoisotopic (exact) mass is 730 g/mol. The third-order valence-electron chi connectivity index (χ3n) is 8.68. The van der Waals surface area contributed by atoms with Crippen molar-refractivity contribution in [2.45, 2.75) is 59.4 Å². The predicted octanol–water partition coefficient (Wildman–Crippen LogP) is 5.07. The molecule has 5 amide bonds. The van der Waals surface area contributed by atoms with Crippen LogP contribution in [0.3, 0.4) is 0 Å². The van der Waals surface area contributed by atoms with Crippen LogP contribution >= 0.6 is 22.9 Å². The number of aryl methyl sites for hydroxylation is 1. The maximum atomic E-state index is 12.9. The van der Waals surface area contributed by atoms with Crippen molar-refractivity contribution in [3.8, 4) is 0 Å². The number of aliphatic imine (C=N–C) groups is 1. The fraction of sp³-hybridized carbons (Fsp3) is 0.333. The summed E-state index contributed by atoms with van der Waals surface area (Å²) in [6, 6.07) is 11.6. The molecule has 3 aliphatic heterocycles. The van der Waals surface area contributed by atoms with E-state index in [0.717, 1.165) is 45.1 Å². The molecule has 1 saturated heterocycles. The van der Waals surface area contributed by atoms with Gasteiger partial charge in [-0.3, -0.25) is 54.9 Å². The molecule has 3 aromatic rings. The van der Waals surface area contributed by atoms with E-state index in [2.05, 4.69) is 34.8 Å². The molecule has 0 aliphatic carbocycles. The number of rotatable bonds is 8. The number of anilines is 2. The zero-order valence-electron chi connectivity index (χ0n) is 28.7. The van der Waals surface area contributed by atoms with E-state index in [4.69, 9.17) is 22.4 Å². The van der Waals surface area contributed by atoms with Crippen molar-refractivity contribution in [1.29, 1.82) is 10.8 Å². The lowest BCUT2D eigenvalue weighted by atomic mass is 10.00. The lowest BCUT2D eigenvalue weighted by Crippen LogP contribution is -2.54. The minimum atomic E-state index is -0.976. The average Bonchev–Trinajstić information content (AvgIpc) is 3.44. The molecule has 3 aliphatic rings. The van der Waals surface area contributed by atoms with E-state index in [-0.39, 0.29) is 36.4 Å². The average molecular weight is 731 g/mol. The van der Waals surface area contributed by atoms with Crippen molar-refractivity contribution in [1.82, 2.24) is 15.5 Å². The summed E-state index contributed by atoms with van der Waals surface area (Å²) in [5.41, 5.74) is 5.05. The molecule has 1 unspecified atom stereocenters.